The molecule has 162 valence electrons. The maximum Gasteiger partial charge on any atom is 0.276 e. The fourth-order valence-corrected chi connectivity index (χ4v) is 3.89. The molecule has 2 aromatic rings. The minimum atomic E-state index is -0.280. The first-order chi connectivity index (χ1) is 14.2. The SMILES string of the molecule is Cl.O=C(NCCN1CCOCC1)c1ccccc1NC(=O)c1n[nH]c2c1CCCC2. The van der Waals surface area contributed by atoms with Crippen LogP contribution >= 0.6 is 12.4 Å². The van der Waals surface area contributed by atoms with Crippen LogP contribution < -0.4 is 10.6 Å². The normalized spacial score (nSPS) is 16.3. The fraction of sp³-hybridized carbons (Fsp3) is 0.476. The number of rotatable bonds is 6. The van der Waals surface area contributed by atoms with Crippen molar-refractivity contribution in [3.63, 3.8) is 0 Å². The first-order valence-electron chi connectivity index (χ1n) is 10.3. The minimum absolute atomic E-state index is 0. The summed E-state index contributed by atoms with van der Waals surface area (Å²) in [4.78, 5) is 27.7. The molecule has 0 saturated carbocycles. The second-order valence-corrected chi connectivity index (χ2v) is 7.45. The molecule has 0 spiro atoms. The van der Waals surface area contributed by atoms with Gasteiger partial charge in [0.15, 0.2) is 5.69 Å². The third-order valence-electron chi connectivity index (χ3n) is 5.51. The number of H-pyrrole nitrogens is 1. The van der Waals surface area contributed by atoms with Gasteiger partial charge in [-0.05, 0) is 37.8 Å². The van der Waals surface area contributed by atoms with Gasteiger partial charge in [0, 0.05) is 37.4 Å². The number of ether oxygens (including phenoxy) is 1. The summed E-state index contributed by atoms with van der Waals surface area (Å²) in [6, 6.07) is 7.07. The van der Waals surface area contributed by atoms with E-state index in [0.29, 0.717) is 23.5 Å². The van der Waals surface area contributed by atoms with Gasteiger partial charge in [-0.1, -0.05) is 12.1 Å². The molecule has 0 radical (unpaired) electrons. The van der Waals surface area contributed by atoms with E-state index < -0.39 is 0 Å². The fourth-order valence-electron chi connectivity index (χ4n) is 3.89. The van der Waals surface area contributed by atoms with E-state index >= 15 is 0 Å². The Bertz CT molecular complexity index is 879. The average Bonchev–Trinajstić information content (AvgIpc) is 3.19. The lowest BCUT2D eigenvalue weighted by atomic mass is 9.95. The molecule has 1 aliphatic heterocycles. The summed E-state index contributed by atoms with van der Waals surface area (Å²) in [5.41, 5.74) is 3.43. The van der Waals surface area contributed by atoms with Crippen molar-refractivity contribution in [3.8, 4) is 0 Å². The van der Waals surface area contributed by atoms with Crippen LogP contribution in [0.15, 0.2) is 24.3 Å². The monoisotopic (exact) mass is 433 g/mol. The van der Waals surface area contributed by atoms with Gasteiger partial charge < -0.3 is 15.4 Å². The lowest BCUT2D eigenvalue weighted by Crippen LogP contribution is -2.41. The number of nitrogens with one attached hydrogen (secondary N) is 3. The number of carbonyl (C=O) groups excluding carboxylic acids is 2. The lowest BCUT2D eigenvalue weighted by Gasteiger charge is -2.26. The third-order valence-corrected chi connectivity index (χ3v) is 5.51. The second kappa shape index (κ2) is 10.6. The number of benzene rings is 1. The van der Waals surface area contributed by atoms with E-state index in [9.17, 15) is 9.59 Å². The molecule has 1 aromatic carbocycles. The van der Waals surface area contributed by atoms with Crippen molar-refractivity contribution in [2.45, 2.75) is 25.7 Å². The highest BCUT2D eigenvalue weighted by atomic mass is 35.5. The molecule has 4 rings (SSSR count). The van der Waals surface area contributed by atoms with Crippen LogP contribution in [0, 0.1) is 0 Å². The van der Waals surface area contributed by atoms with Crippen LogP contribution in [-0.2, 0) is 17.6 Å². The van der Waals surface area contributed by atoms with Crippen molar-refractivity contribution >= 4 is 29.9 Å². The number of para-hydroxylation sites is 1. The van der Waals surface area contributed by atoms with Crippen molar-refractivity contribution in [2.24, 2.45) is 0 Å². The zero-order valence-electron chi connectivity index (χ0n) is 16.9. The summed E-state index contributed by atoms with van der Waals surface area (Å²) in [6.07, 6.45) is 3.97. The van der Waals surface area contributed by atoms with Gasteiger partial charge in [0.25, 0.3) is 11.8 Å². The quantitative estimate of drug-likeness (QED) is 0.647. The summed E-state index contributed by atoms with van der Waals surface area (Å²) in [6.45, 7) is 4.57. The first-order valence-corrected chi connectivity index (χ1v) is 10.3. The van der Waals surface area contributed by atoms with Crippen molar-refractivity contribution in [1.82, 2.24) is 20.4 Å². The second-order valence-electron chi connectivity index (χ2n) is 7.45. The molecular weight excluding hydrogens is 406 g/mol. The van der Waals surface area contributed by atoms with Crippen LogP contribution in [0.5, 0.6) is 0 Å². The number of aryl methyl sites for hydroxylation is 1. The number of hydrogen-bond donors (Lipinski definition) is 3. The number of fused-ring (bicyclic) bond motifs is 1. The Hall–Kier alpha value is -2.42. The Kier molecular flexibility index (Phi) is 7.84. The van der Waals surface area contributed by atoms with Gasteiger partial charge in [-0.25, -0.2) is 0 Å². The Morgan fingerprint density at radius 3 is 2.70 bits per heavy atom. The zero-order valence-corrected chi connectivity index (χ0v) is 17.7. The smallest absolute Gasteiger partial charge is 0.276 e. The number of anilines is 1. The number of nitrogens with zero attached hydrogens (tertiary/aromatic N) is 2. The Morgan fingerprint density at radius 2 is 1.87 bits per heavy atom. The Balaban J connectivity index is 0.00000256. The molecule has 3 N–H and O–H groups in total. The predicted octanol–water partition coefficient (Wildman–Crippen LogP) is 2.02. The van der Waals surface area contributed by atoms with Gasteiger partial charge >= 0.3 is 0 Å². The van der Waals surface area contributed by atoms with Gasteiger partial charge in [-0.3, -0.25) is 19.6 Å². The summed E-state index contributed by atoms with van der Waals surface area (Å²) >= 11 is 0. The standard InChI is InChI=1S/C21H27N5O3.ClH/c27-20(22-9-10-26-11-13-29-14-12-26)16-6-2-3-7-17(16)23-21(28)19-15-5-1-4-8-18(15)24-25-19;/h2-3,6-7H,1,4-5,8-14H2,(H,22,27)(H,23,28)(H,24,25);1H. The molecular formula is C21H28ClN5O3. The maximum atomic E-state index is 12.8. The molecule has 0 unspecified atom stereocenters. The molecule has 1 fully saturated rings. The highest BCUT2D eigenvalue weighted by Gasteiger charge is 2.23. The van der Waals surface area contributed by atoms with Gasteiger partial charge in [-0.2, -0.15) is 5.10 Å². The van der Waals surface area contributed by atoms with Crippen LogP contribution in [0.3, 0.4) is 0 Å². The van der Waals surface area contributed by atoms with Crippen molar-refractivity contribution in [3.05, 3.63) is 46.8 Å². The van der Waals surface area contributed by atoms with Crippen LogP contribution in [0.2, 0.25) is 0 Å². The number of carbonyl (C=O) groups is 2. The van der Waals surface area contributed by atoms with Gasteiger partial charge in [0.1, 0.15) is 0 Å². The predicted molar refractivity (Wildman–Crippen MR) is 116 cm³/mol. The van der Waals surface area contributed by atoms with E-state index in [2.05, 4.69) is 25.7 Å². The molecule has 2 amide bonds. The minimum Gasteiger partial charge on any atom is -0.379 e. The van der Waals surface area contributed by atoms with E-state index in [-0.39, 0.29) is 24.2 Å². The van der Waals surface area contributed by atoms with E-state index in [1.165, 1.54) is 0 Å². The highest BCUT2D eigenvalue weighted by molar-refractivity contribution is 6.08. The molecule has 1 saturated heterocycles. The van der Waals surface area contributed by atoms with Crippen LogP contribution in [0.4, 0.5) is 5.69 Å². The first kappa shape index (κ1) is 22.3. The molecule has 1 aliphatic carbocycles. The molecule has 0 bridgehead atoms. The molecule has 0 atom stereocenters. The van der Waals surface area contributed by atoms with E-state index in [1.54, 1.807) is 24.3 Å². The molecule has 2 heterocycles. The van der Waals surface area contributed by atoms with E-state index in [4.69, 9.17) is 4.74 Å². The highest BCUT2D eigenvalue weighted by Crippen LogP contribution is 2.23. The summed E-state index contributed by atoms with van der Waals surface area (Å²) in [7, 11) is 0. The van der Waals surface area contributed by atoms with Crippen LogP contribution in [0.1, 0.15) is 44.9 Å². The number of aromatic amines is 1. The summed E-state index contributed by atoms with van der Waals surface area (Å²) < 4.78 is 5.34. The number of halogens is 1. The van der Waals surface area contributed by atoms with Crippen molar-refractivity contribution in [1.29, 1.82) is 0 Å². The number of hydrogen-bond acceptors (Lipinski definition) is 5. The van der Waals surface area contributed by atoms with E-state index in [1.807, 2.05) is 0 Å². The topological polar surface area (TPSA) is 99.4 Å². The number of morpholine rings is 1. The number of amides is 2. The zero-order chi connectivity index (χ0) is 20.1. The Labute approximate surface area is 182 Å². The van der Waals surface area contributed by atoms with Crippen LogP contribution in [-0.4, -0.2) is 66.3 Å². The largest absolute Gasteiger partial charge is 0.379 e. The average molecular weight is 434 g/mol. The maximum absolute atomic E-state index is 12.8. The van der Waals surface area contributed by atoms with Gasteiger partial charge in [-0.15, -0.1) is 12.4 Å². The Morgan fingerprint density at radius 1 is 1.10 bits per heavy atom. The summed E-state index contributed by atoms with van der Waals surface area (Å²) in [5, 5.41) is 13.0. The van der Waals surface area contributed by atoms with Gasteiger partial charge in [0.2, 0.25) is 0 Å². The summed E-state index contributed by atoms with van der Waals surface area (Å²) in [5.74, 6) is -0.476. The molecule has 1 aromatic heterocycles. The van der Waals surface area contributed by atoms with E-state index in [0.717, 1.165) is 69.8 Å². The molecule has 8 nitrogen and oxygen atoms in total. The molecule has 2 aliphatic rings. The van der Waals surface area contributed by atoms with Crippen LogP contribution in [0.25, 0.3) is 0 Å². The van der Waals surface area contributed by atoms with Crippen molar-refractivity contribution in [2.75, 3.05) is 44.7 Å². The molecule has 9 heteroatoms. The molecule has 30 heavy (non-hydrogen) atoms. The third kappa shape index (κ3) is 5.19. The van der Waals surface area contributed by atoms with Gasteiger partial charge in [0.05, 0.1) is 24.5 Å². The lowest BCUT2D eigenvalue weighted by molar-refractivity contribution is 0.0383. The number of aromatic nitrogens is 2. The van der Waals surface area contributed by atoms with Crippen molar-refractivity contribution < 1.29 is 14.3 Å².